The van der Waals surface area contributed by atoms with Crippen molar-refractivity contribution in [3.8, 4) is 11.3 Å². The third-order valence-corrected chi connectivity index (χ3v) is 3.24. The van der Waals surface area contributed by atoms with Gasteiger partial charge in [-0.15, -0.1) is 0 Å². The zero-order valence-corrected chi connectivity index (χ0v) is 12.1. The molecule has 1 amide bonds. The predicted molar refractivity (Wildman–Crippen MR) is 80.0 cm³/mol. The van der Waals surface area contributed by atoms with Crippen LogP contribution in [0.5, 0.6) is 0 Å². The first-order valence-electron chi connectivity index (χ1n) is 6.52. The van der Waals surface area contributed by atoms with E-state index in [1.807, 2.05) is 48.9 Å². The average Bonchev–Trinajstić information content (AvgIpc) is 2.72. The normalized spacial score (nSPS) is 10.3. The highest BCUT2D eigenvalue weighted by atomic mass is 16.1. The first-order chi connectivity index (χ1) is 9.50. The van der Waals surface area contributed by atoms with Crippen LogP contribution in [0.4, 0.5) is 0 Å². The molecular formula is C16H19N3O. The fourth-order valence-corrected chi connectivity index (χ4v) is 2.07. The molecule has 4 nitrogen and oxygen atoms in total. The number of imidazole rings is 1. The van der Waals surface area contributed by atoms with Crippen molar-refractivity contribution in [3.63, 3.8) is 0 Å². The SMILES string of the molecule is C=C(C)C(=O)NCc1nc(C)n(C)c1-c1ccccc1. The fraction of sp³-hybridized carbons (Fsp3) is 0.250. The number of benzene rings is 1. The summed E-state index contributed by atoms with van der Waals surface area (Å²) in [6.07, 6.45) is 0. The summed E-state index contributed by atoms with van der Waals surface area (Å²) in [5.74, 6) is 0.774. The van der Waals surface area contributed by atoms with E-state index in [2.05, 4.69) is 16.9 Å². The second-order valence-electron chi connectivity index (χ2n) is 4.84. The van der Waals surface area contributed by atoms with E-state index in [-0.39, 0.29) is 5.91 Å². The van der Waals surface area contributed by atoms with Crippen LogP contribution in [0.3, 0.4) is 0 Å². The maximum atomic E-state index is 11.6. The van der Waals surface area contributed by atoms with Crippen LogP contribution in [0.2, 0.25) is 0 Å². The van der Waals surface area contributed by atoms with Crippen LogP contribution >= 0.6 is 0 Å². The van der Waals surface area contributed by atoms with Gasteiger partial charge in [-0.05, 0) is 13.8 Å². The number of nitrogens with one attached hydrogen (secondary N) is 1. The van der Waals surface area contributed by atoms with Gasteiger partial charge >= 0.3 is 0 Å². The molecule has 1 heterocycles. The van der Waals surface area contributed by atoms with Gasteiger partial charge in [0.1, 0.15) is 5.82 Å². The Morgan fingerprint density at radius 1 is 1.35 bits per heavy atom. The molecule has 2 rings (SSSR count). The molecule has 0 aliphatic rings. The monoisotopic (exact) mass is 269 g/mol. The highest BCUT2D eigenvalue weighted by molar-refractivity contribution is 5.92. The maximum Gasteiger partial charge on any atom is 0.246 e. The van der Waals surface area contributed by atoms with Crippen molar-refractivity contribution in [1.82, 2.24) is 14.9 Å². The number of hydrogen-bond acceptors (Lipinski definition) is 2. The summed E-state index contributed by atoms with van der Waals surface area (Å²) in [5.41, 5.74) is 3.49. The minimum absolute atomic E-state index is 0.146. The Morgan fingerprint density at radius 2 is 2.00 bits per heavy atom. The van der Waals surface area contributed by atoms with E-state index >= 15 is 0 Å². The minimum Gasteiger partial charge on any atom is -0.347 e. The summed E-state index contributed by atoms with van der Waals surface area (Å²) in [4.78, 5) is 16.1. The molecule has 4 heteroatoms. The molecule has 0 saturated heterocycles. The fourth-order valence-electron chi connectivity index (χ4n) is 2.07. The van der Waals surface area contributed by atoms with Crippen molar-refractivity contribution in [3.05, 3.63) is 54.0 Å². The van der Waals surface area contributed by atoms with Gasteiger partial charge in [-0.25, -0.2) is 4.98 Å². The van der Waals surface area contributed by atoms with E-state index in [9.17, 15) is 4.79 Å². The highest BCUT2D eigenvalue weighted by Gasteiger charge is 2.14. The lowest BCUT2D eigenvalue weighted by Gasteiger charge is -2.08. The Bertz CT molecular complexity index is 641. The smallest absolute Gasteiger partial charge is 0.246 e. The van der Waals surface area contributed by atoms with Crippen molar-refractivity contribution in [2.75, 3.05) is 0 Å². The number of nitrogens with zero attached hydrogens (tertiary/aromatic N) is 2. The van der Waals surface area contributed by atoms with Gasteiger partial charge in [0.25, 0.3) is 0 Å². The van der Waals surface area contributed by atoms with Crippen molar-refractivity contribution < 1.29 is 4.79 Å². The second kappa shape index (κ2) is 5.74. The summed E-state index contributed by atoms with van der Waals surface area (Å²) in [6, 6.07) is 10.1. The Kier molecular flexibility index (Phi) is 4.03. The number of hydrogen-bond donors (Lipinski definition) is 1. The van der Waals surface area contributed by atoms with E-state index in [0.717, 1.165) is 22.8 Å². The highest BCUT2D eigenvalue weighted by Crippen LogP contribution is 2.24. The zero-order valence-electron chi connectivity index (χ0n) is 12.1. The molecule has 0 unspecified atom stereocenters. The standard InChI is InChI=1S/C16H19N3O/c1-11(2)16(20)17-10-14-15(19(4)12(3)18-14)13-8-6-5-7-9-13/h5-9H,1,10H2,2-4H3,(H,17,20). The maximum absolute atomic E-state index is 11.6. The molecular weight excluding hydrogens is 250 g/mol. The molecule has 0 aliphatic carbocycles. The van der Waals surface area contributed by atoms with Crippen LogP contribution in [-0.4, -0.2) is 15.5 Å². The van der Waals surface area contributed by atoms with Crippen LogP contribution in [0.25, 0.3) is 11.3 Å². The van der Waals surface area contributed by atoms with Gasteiger partial charge in [-0.2, -0.15) is 0 Å². The molecule has 1 aromatic carbocycles. The second-order valence-corrected chi connectivity index (χ2v) is 4.84. The third-order valence-electron chi connectivity index (χ3n) is 3.24. The molecule has 0 fully saturated rings. The third kappa shape index (κ3) is 2.79. The molecule has 0 saturated carbocycles. The van der Waals surface area contributed by atoms with E-state index < -0.39 is 0 Å². The Labute approximate surface area is 119 Å². The van der Waals surface area contributed by atoms with Gasteiger partial charge in [0.05, 0.1) is 17.9 Å². The van der Waals surface area contributed by atoms with Crippen LogP contribution in [0.1, 0.15) is 18.4 Å². The van der Waals surface area contributed by atoms with Gasteiger partial charge in [-0.1, -0.05) is 36.9 Å². The number of carbonyl (C=O) groups is 1. The molecule has 1 aromatic heterocycles. The van der Waals surface area contributed by atoms with Crippen LogP contribution in [0, 0.1) is 6.92 Å². The molecule has 0 aliphatic heterocycles. The molecule has 0 bridgehead atoms. The largest absolute Gasteiger partial charge is 0.347 e. The summed E-state index contributed by atoms with van der Waals surface area (Å²) in [5, 5.41) is 2.83. The van der Waals surface area contributed by atoms with Crippen molar-refractivity contribution in [2.45, 2.75) is 20.4 Å². The zero-order chi connectivity index (χ0) is 14.7. The lowest BCUT2D eigenvalue weighted by molar-refractivity contribution is -0.117. The predicted octanol–water partition coefficient (Wildman–Crippen LogP) is 2.59. The number of amides is 1. The topological polar surface area (TPSA) is 46.9 Å². The number of aryl methyl sites for hydroxylation is 1. The van der Waals surface area contributed by atoms with E-state index in [0.29, 0.717) is 12.1 Å². The van der Waals surface area contributed by atoms with Crippen molar-refractivity contribution in [2.24, 2.45) is 7.05 Å². The quantitative estimate of drug-likeness (QED) is 0.867. The van der Waals surface area contributed by atoms with Gasteiger partial charge in [0.2, 0.25) is 5.91 Å². The van der Waals surface area contributed by atoms with Crippen molar-refractivity contribution in [1.29, 1.82) is 0 Å². The van der Waals surface area contributed by atoms with Gasteiger partial charge in [0.15, 0.2) is 0 Å². The van der Waals surface area contributed by atoms with Crippen molar-refractivity contribution >= 4 is 5.91 Å². The van der Waals surface area contributed by atoms with Crippen LogP contribution in [0.15, 0.2) is 42.5 Å². The Morgan fingerprint density at radius 3 is 2.60 bits per heavy atom. The summed E-state index contributed by atoms with van der Waals surface area (Å²) >= 11 is 0. The van der Waals surface area contributed by atoms with E-state index in [1.165, 1.54) is 0 Å². The molecule has 0 atom stereocenters. The molecule has 20 heavy (non-hydrogen) atoms. The van der Waals surface area contributed by atoms with E-state index in [1.54, 1.807) is 6.92 Å². The summed E-state index contributed by atoms with van der Waals surface area (Å²) < 4.78 is 2.04. The Balaban J connectivity index is 2.33. The number of aromatic nitrogens is 2. The molecule has 0 radical (unpaired) electrons. The average molecular weight is 269 g/mol. The van der Waals surface area contributed by atoms with E-state index in [4.69, 9.17) is 0 Å². The lowest BCUT2D eigenvalue weighted by Crippen LogP contribution is -2.23. The minimum atomic E-state index is -0.146. The molecule has 0 spiro atoms. The summed E-state index contributed by atoms with van der Waals surface area (Å²) in [6.45, 7) is 7.68. The first-order valence-corrected chi connectivity index (χ1v) is 6.52. The molecule has 104 valence electrons. The Hall–Kier alpha value is -2.36. The van der Waals surface area contributed by atoms with Gasteiger partial charge in [-0.3, -0.25) is 4.79 Å². The van der Waals surface area contributed by atoms with Crippen LogP contribution in [-0.2, 0) is 18.4 Å². The lowest BCUT2D eigenvalue weighted by atomic mass is 10.1. The van der Waals surface area contributed by atoms with Gasteiger partial charge in [0, 0.05) is 18.2 Å². The molecule has 1 N–H and O–H groups in total. The van der Waals surface area contributed by atoms with Crippen LogP contribution < -0.4 is 5.32 Å². The first kappa shape index (κ1) is 14.1. The number of carbonyl (C=O) groups excluding carboxylic acids is 1. The summed E-state index contributed by atoms with van der Waals surface area (Å²) in [7, 11) is 1.98. The van der Waals surface area contributed by atoms with Gasteiger partial charge < -0.3 is 9.88 Å². The molecule has 2 aromatic rings. The number of rotatable bonds is 4.